The summed E-state index contributed by atoms with van der Waals surface area (Å²) in [6.45, 7) is -0.180. The second-order valence-corrected chi connectivity index (χ2v) is 10.1. The van der Waals surface area contributed by atoms with Gasteiger partial charge < -0.3 is 10.2 Å². The Morgan fingerprint density at radius 2 is 1.91 bits per heavy atom. The molecule has 1 aromatic heterocycles. The lowest BCUT2D eigenvalue weighted by atomic mass is 9.74. The van der Waals surface area contributed by atoms with Crippen LogP contribution in [0.15, 0.2) is 29.6 Å². The van der Waals surface area contributed by atoms with Gasteiger partial charge in [-0.3, -0.25) is 14.5 Å². The number of nitrogens with zero attached hydrogens (tertiary/aromatic N) is 2. The number of benzene rings is 1. The molecule has 2 aromatic rings. The third kappa shape index (κ3) is 4.85. The fraction of sp³-hybridized carbons (Fsp3) is 0.542. The summed E-state index contributed by atoms with van der Waals surface area (Å²) in [5, 5.41) is 22.7. The van der Waals surface area contributed by atoms with Crippen LogP contribution in [0.5, 0.6) is 0 Å². The van der Waals surface area contributed by atoms with Gasteiger partial charge >= 0.3 is 5.97 Å². The zero-order chi connectivity index (χ0) is 22.7. The fourth-order valence-electron chi connectivity index (χ4n) is 5.43. The Morgan fingerprint density at radius 3 is 2.59 bits per heavy atom. The number of carboxylic acids is 1. The number of carbonyl (C=O) groups excluding carboxylic acids is 1. The van der Waals surface area contributed by atoms with E-state index in [9.17, 15) is 19.8 Å². The number of halogens is 1. The van der Waals surface area contributed by atoms with Crippen molar-refractivity contribution in [2.45, 2.75) is 57.4 Å². The smallest absolute Gasteiger partial charge is 0.304 e. The van der Waals surface area contributed by atoms with E-state index in [2.05, 4.69) is 0 Å². The Hall–Kier alpha value is -1.96. The van der Waals surface area contributed by atoms with Gasteiger partial charge in [-0.15, -0.1) is 11.3 Å². The molecule has 172 valence electrons. The first kappa shape index (κ1) is 23.2. The van der Waals surface area contributed by atoms with Crippen molar-refractivity contribution in [3.63, 3.8) is 0 Å². The van der Waals surface area contributed by atoms with Crippen molar-refractivity contribution >= 4 is 39.9 Å². The topological polar surface area (TPSA) is 90.7 Å². The fourth-order valence-corrected chi connectivity index (χ4v) is 6.56. The van der Waals surface area contributed by atoms with E-state index in [1.165, 1.54) is 11.3 Å². The molecule has 2 aliphatic rings. The SMILES string of the molecule is O=C(O)CC1C(=O)N(c2nc(-c3ccccc3Cl)cs2)C(CO)CCCC1C1CCCC1. The summed E-state index contributed by atoms with van der Waals surface area (Å²) in [5.74, 6) is -1.32. The van der Waals surface area contributed by atoms with Crippen molar-refractivity contribution in [1.29, 1.82) is 0 Å². The summed E-state index contributed by atoms with van der Waals surface area (Å²) in [6, 6.07) is 7.00. The number of aromatic nitrogens is 1. The van der Waals surface area contributed by atoms with Crippen LogP contribution in [-0.2, 0) is 9.59 Å². The number of hydrogen-bond donors (Lipinski definition) is 2. The quantitative estimate of drug-likeness (QED) is 0.595. The van der Waals surface area contributed by atoms with Crippen LogP contribution in [0.2, 0.25) is 5.02 Å². The Kier molecular flexibility index (Phi) is 7.48. The van der Waals surface area contributed by atoms with Gasteiger partial charge in [-0.2, -0.15) is 0 Å². The molecule has 1 aliphatic carbocycles. The van der Waals surface area contributed by atoms with Crippen molar-refractivity contribution in [1.82, 2.24) is 4.98 Å². The molecule has 1 amide bonds. The van der Waals surface area contributed by atoms with Crippen molar-refractivity contribution in [3.8, 4) is 11.3 Å². The first-order chi connectivity index (χ1) is 15.5. The summed E-state index contributed by atoms with van der Waals surface area (Å²) < 4.78 is 0. The molecular weight excluding hydrogens is 448 g/mol. The predicted molar refractivity (Wildman–Crippen MR) is 126 cm³/mol. The first-order valence-electron chi connectivity index (χ1n) is 11.4. The lowest BCUT2D eigenvalue weighted by molar-refractivity contribution is -0.142. The summed E-state index contributed by atoms with van der Waals surface area (Å²) in [7, 11) is 0. The van der Waals surface area contributed by atoms with E-state index in [0.29, 0.717) is 28.2 Å². The second kappa shape index (κ2) is 10.3. The molecule has 8 heteroatoms. The van der Waals surface area contributed by atoms with Crippen molar-refractivity contribution in [2.24, 2.45) is 17.8 Å². The number of aliphatic hydroxyl groups is 1. The number of thiazole rings is 1. The maximum absolute atomic E-state index is 13.9. The van der Waals surface area contributed by atoms with Gasteiger partial charge in [0.25, 0.3) is 0 Å². The number of amides is 1. The zero-order valence-corrected chi connectivity index (χ0v) is 19.5. The average molecular weight is 477 g/mol. The molecule has 1 aliphatic heterocycles. The third-order valence-corrected chi connectivity index (χ3v) is 8.14. The van der Waals surface area contributed by atoms with Crippen LogP contribution in [0.1, 0.15) is 51.4 Å². The Balaban J connectivity index is 1.70. The molecule has 2 N–H and O–H groups in total. The van der Waals surface area contributed by atoms with E-state index >= 15 is 0 Å². The number of carboxylic acid groups (broad SMARTS) is 1. The highest BCUT2D eigenvalue weighted by Crippen LogP contribution is 2.43. The van der Waals surface area contributed by atoms with Gasteiger partial charge in [0.2, 0.25) is 5.91 Å². The summed E-state index contributed by atoms with van der Waals surface area (Å²) in [4.78, 5) is 31.9. The third-order valence-electron chi connectivity index (χ3n) is 6.97. The van der Waals surface area contributed by atoms with Crippen LogP contribution in [0, 0.1) is 17.8 Å². The standard InChI is InChI=1S/C24H29ClN2O4S/c25-20-11-4-3-9-18(20)21-14-32-24(26-21)27-16(13-28)8-5-10-17(15-6-1-2-7-15)19(23(27)31)12-22(29)30/h3-4,9,11,14-17,19,28H,1-2,5-8,10,12-13H2,(H,29,30). The van der Waals surface area contributed by atoms with Gasteiger partial charge in [-0.1, -0.05) is 61.9 Å². The minimum absolute atomic E-state index is 0.0613. The Morgan fingerprint density at radius 1 is 1.16 bits per heavy atom. The van der Waals surface area contributed by atoms with Gasteiger partial charge in [0.15, 0.2) is 5.13 Å². The van der Waals surface area contributed by atoms with Gasteiger partial charge in [0, 0.05) is 16.0 Å². The van der Waals surface area contributed by atoms with Crippen LogP contribution < -0.4 is 4.90 Å². The highest BCUT2D eigenvalue weighted by molar-refractivity contribution is 7.14. The number of carbonyl (C=O) groups is 2. The van der Waals surface area contributed by atoms with Crippen molar-refractivity contribution < 1.29 is 19.8 Å². The number of rotatable bonds is 6. The molecule has 6 nitrogen and oxygen atoms in total. The highest BCUT2D eigenvalue weighted by Gasteiger charge is 2.42. The number of aliphatic carboxylic acids is 1. The molecule has 1 saturated heterocycles. The maximum Gasteiger partial charge on any atom is 0.304 e. The van der Waals surface area contributed by atoms with E-state index in [4.69, 9.17) is 16.6 Å². The second-order valence-electron chi connectivity index (χ2n) is 8.88. The molecule has 2 heterocycles. The highest BCUT2D eigenvalue weighted by atomic mass is 35.5. The van der Waals surface area contributed by atoms with Crippen molar-refractivity contribution in [3.05, 3.63) is 34.7 Å². The predicted octanol–water partition coefficient (Wildman–Crippen LogP) is 5.24. The van der Waals surface area contributed by atoms with Gasteiger partial charge in [0.1, 0.15) is 0 Å². The van der Waals surface area contributed by atoms with Crippen LogP contribution in [0.4, 0.5) is 5.13 Å². The maximum atomic E-state index is 13.9. The van der Waals surface area contributed by atoms with E-state index in [0.717, 1.165) is 44.1 Å². The normalized spacial score (nSPS) is 25.0. The molecule has 0 radical (unpaired) electrons. The molecule has 32 heavy (non-hydrogen) atoms. The number of aliphatic hydroxyl groups excluding tert-OH is 1. The first-order valence-corrected chi connectivity index (χ1v) is 12.6. The van der Waals surface area contributed by atoms with E-state index in [1.807, 2.05) is 23.6 Å². The average Bonchev–Trinajstić information content (AvgIpc) is 3.46. The molecule has 1 aromatic carbocycles. The number of hydrogen-bond acceptors (Lipinski definition) is 5. The van der Waals surface area contributed by atoms with E-state index in [1.54, 1.807) is 11.0 Å². The summed E-state index contributed by atoms with van der Waals surface area (Å²) in [6.07, 6.45) is 6.59. The molecule has 4 rings (SSSR count). The molecule has 0 spiro atoms. The minimum Gasteiger partial charge on any atom is -0.481 e. The summed E-state index contributed by atoms with van der Waals surface area (Å²) in [5.41, 5.74) is 1.45. The van der Waals surface area contributed by atoms with Gasteiger partial charge in [0.05, 0.1) is 30.7 Å². The molecule has 0 bridgehead atoms. The van der Waals surface area contributed by atoms with Crippen LogP contribution in [0.25, 0.3) is 11.3 Å². The minimum atomic E-state index is -0.955. The molecule has 3 unspecified atom stereocenters. The van der Waals surface area contributed by atoms with Crippen LogP contribution >= 0.6 is 22.9 Å². The lowest BCUT2D eigenvalue weighted by Crippen LogP contribution is -2.50. The Bertz CT molecular complexity index is 959. The molecule has 3 atom stereocenters. The monoisotopic (exact) mass is 476 g/mol. The van der Waals surface area contributed by atoms with Crippen LogP contribution in [-0.4, -0.2) is 39.7 Å². The molecule has 1 saturated carbocycles. The Labute approximate surface area is 197 Å². The van der Waals surface area contributed by atoms with Crippen LogP contribution in [0.3, 0.4) is 0 Å². The van der Waals surface area contributed by atoms with Gasteiger partial charge in [-0.05, 0) is 30.7 Å². The van der Waals surface area contributed by atoms with E-state index < -0.39 is 17.9 Å². The van der Waals surface area contributed by atoms with E-state index in [-0.39, 0.29) is 24.9 Å². The molecular formula is C24H29ClN2O4S. The largest absolute Gasteiger partial charge is 0.481 e. The number of anilines is 1. The van der Waals surface area contributed by atoms with Crippen molar-refractivity contribution in [2.75, 3.05) is 11.5 Å². The zero-order valence-electron chi connectivity index (χ0n) is 18.0. The molecule has 2 fully saturated rings. The van der Waals surface area contributed by atoms with Gasteiger partial charge in [-0.25, -0.2) is 4.98 Å². The lowest BCUT2D eigenvalue weighted by Gasteiger charge is -2.39. The summed E-state index contributed by atoms with van der Waals surface area (Å²) >= 11 is 7.67.